The van der Waals surface area contributed by atoms with Crippen LogP contribution in [-0.4, -0.2) is 38.5 Å². The predicted octanol–water partition coefficient (Wildman–Crippen LogP) is 7.18. The monoisotopic (exact) mass is 651 g/mol. The molecule has 1 atom stereocenters. The van der Waals surface area contributed by atoms with Gasteiger partial charge in [-0.3, -0.25) is 4.79 Å². The van der Waals surface area contributed by atoms with Gasteiger partial charge in [-0.2, -0.15) is 26.3 Å². The molecule has 5 rings (SSSR count). The minimum absolute atomic E-state index is 0.287. The first-order valence-corrected chi connectivity index (χ1v) is 13.3. The molecule has 0 aliphatic rings. The zero-order valence-corrected chi connectivity index (χ0v) is 24.5. The molecular weight excluding hydrogens is 628 g/mol. The molecule has 2 aromatic heterocycles. The molecule has 5 aromatic rings. The SMILES string of the molecule is COC(c1ccc(Cl)cc1)(c1ccc2c(c1)c(-c1cccc(C(F)(F)F)c1)cc(=O)n2C)c1cncn1C.O=C(O)C(F)(F)F. The first-order chi connectivity index (χ1) is 21.0. The van der Waals surface area contributed by atoms with E-state index in [1.807, 2.05) is 35.9 Å². The fraction of sp³-hybridized carbons (Fsp3) is 0.194. The second-order valence-corrected chi connectivity index (χ2v) is 10.3. The van der Waals surface area contributed by atoms with E-state index in [9.17, 15) is 31.1 Å². The third-order valence-electron chi connectivity index (χ3n) is 7.13. The van der Waals surface area contributed by atoms with Gasteiger partial charge in [-0.15, -0.1) is 0 Å². The van der Waals surface area contributed by atoms with Gasteiger partial charge in [-0.05, 0) is 58.7 Å². The Morgan fingerprint density at radius 2 is 1.51 bits per heavy atom. The van der Waals surface area contributed by atoms with Gasteiger partial charge in [0, 0.05) is 37.7 Å². The minimum atomic E-state index is -5.08. The molecule has 1 unspecified atom stereocenters. The average molecular weight is 652 g/mol. The highest BCUT2D eigenvalue weighted by Gasteiger charge is 2.40. The number of hydrogen-bond acceptors (Lipinski definition) is 4. The number of benzene rings is 3. The number of ether oxygens (including phenoxy) is 1. The Bertz CT molecular complexity index is 1920. The molecule has 14 heteroatoms. The van der Waals surface area contributed by atoms with E-state index in [-0.39, 0.29) is 11.1 Å². The Morgan fingerprint density at radius 3 is 2.04 bits per heavy atom. The van der Waals surface area contributed by atoms with E-state index in [0.29, 0.717) is 27.1 Å². The highest BCUT2D eigenvalue weighted by atomic mass is 35.5. The summed E-state index contributed by atoms with van der Waals surface area (Å²) >= 11 is 6.18. The van der Waals surface area contributed by atoms with Crippen molar-refractivity contribution in [3.8, 4) is 11.1 Å². The number of pyridine rings is 1. The summed E-state index contributed by atoms with van der Waals surface area (Å²) in [5.41, 5.74) is 1.19. The highest BCUT2D eigenvalue weighted by molar-refractivity contribution is 6.30. The van der Waals surface area contributed by atoms with Crippen molar-refractivity contribution < 1.29 is 41.0 Å². The summed E-state index contributed by atoms with van der Waals surface area (Å²) < 4.78 is 81.9. The summed E-state index contributed by atoms with van der Waals surface area (Å²) in [4.78, 5) is 26.0. The van der Waals surface area contributed by atoms with Crippen LogP contribution < -0.4 is 5.56 Å². The lowest BCUT2D eigenvalue weighted by Crippen LogP contribution is -2.33. The van der Waals surface area contributed by atoms with E-state index in [4.69, 9.17) is 26.2 Å². The maximum absolute atomic E-state index is 13.5. The van der Waals surface area contributed by atoms with Crippen LogP contribution in [0.2, 0.25) is 5.02 Å². The Balaban J connectivity index is 0.000000591. The minimum Gasteiger partial charge on any atom is -0.475 e. The molecule has 0 bridgehead atoms. The van der Waals surface area contributed by atoms with Crippen molar-refractivity contribution >= 4 is 28.5 Å². The number of rotatable bonds is 5. The normalized spacial score (nSPS) is 13.2. The molecular formula is C31H24ClF6N3O4. The van der Waals surface area contributed by atoms with Gasteiger partial charge in [0.15, 0.2) is 5.60 Å². The Kier molecular flexibility index (Phi) is 9.17. The van der Waals surface area contributed by atoms with Crippen LogP contribution in [0.15, 0.2) is 90.1 Å². The Labute approximate surface area is 256 Å². The van der Waals surface area contributed by atoms with Crippen molar-refractivity contribution in [2.45, 2.75) is 18.0 Å². The first kappa shape index (κ1) is 33.3. The van der Waals surface area contributed by atoms with Gasteiger partial charge in [0.05, 0.1) is 29.3 Å². The van der Waals surface area contributed by atoms with E-state index >= 15 is 0 Å². The highest BCUT2D eigenvalue weighted by Crippen LogP contribution is 2.42. The van der Waals surface area contributed by atoms with Crippen molar-refractivity contribution in [1.29, 1.82) is 0 Å². The number of imidazole rings is 1. The third-order valence-corrected chi connectivity index (χ3v) is 7.38. The van der Waals surface area contributed by atoms with Crippen molar-refractivity contribution in [3.05, 3.63) is 123 Å². The summed E-state index contributed by atoms with van der Waals surface area (Å²) in [6, 6.07) is 19.1. The smallest absolute Gasteiger partial charge is 0.475 e. The van der Waals surface area contributed by atoms with Gasteiger partial charge in [0.1, 0.15) is 0 Å². The molecule has 236 valence electrons. The molecule has 1 N–H and O–H groups in total. The molecule has 2 heterocycles. The maximum atomic E-state index is 13.5. The number of alkyl halides is 6. The van der Waals surface area contributed by atoms with Crippen LogP contribution in [0.5, 0.6) is 0 Å². The van der Waals surface area contributed by atoms with Gasteiger partial charge >= 0.3 is 18.3 Å². The largest absolute Gasteiger partial charge is 0.490 e. The van der Waals surface area contributed by atoms with Crippen molar-refractivity contribution in [1.82, 2.24) is 14.1 Å². The summed E-state index contributed by atoms with van der Waals surface area (Å²) in [5.74, 6) is -2.76. The number of fused-ring (bicyclic) bond motifs is 1. The molecule has 0 fully saturated rings. The molecule has 0 aliphatic heterocycles. The van der Waals surface area contributed by atoms with Crippen LogP contribution in [0.25, 0.3) is 22.0 Å². The van der Waals surface area contributed by atoms with Crippen LogP contribution >= 0.6 is 11.6 Å². The quantitative estimate of drug-likeness (QED) is 0.204. The Hall–Kier alpha value is -4.62. The first-order valence-electron chi connectivity index (χ1n) is 12.9. The van der Waals surface area contributed by atoms with Crippen LogP contribution in [0.3, 0.4) is 0 Å². The number of carbonyl (C=O) groups is 1. The number of carboxylic acids is 1. The molecule has 3 aromatic carbocycles. The van der Waals surface area contributed by atoms with Crippen LogP contribution in [0, 0.1) is 0 Å². The third kappa shape index (κ3) is 6.59. The van der Waals surface area contributed by atoms with E-state index in [1.54, 1.807) is 50.9 Å². The number of hydrogen-bond donors (Lipinski definition) is 1. The summed E-state index contributed by atoms with van der Waals surface area (Å²) in [6.45, 7) is 0. The number of aliphatic carboxylic acids is 1. The van der Waals surface area contributed by atoms with Gasteiger partial charge < -0.3 is 19.0 Å². The molecule has 0 saturated heterocycles. The molecule has 7 nitrogen and oxygen atoms in total. The van der Waals surface area contributed by atoms with E-state index in [2.05, 4.69) is 4.98 Å². The lowest BCUT2D eigenvalue weighted by atomic mass is 9.82. The Morgan fingerprint density at radius 1 is 0.889 bits per heavy atom. The zero-order chi connectivity index (χ0) is 33.3. The number of nitrogens with zero attached hydrogens (tertiary/aromatic N) is 3. The van der Waals surface area contributed by atoms with Gasteiger partial charge in [-0.25, -0.2) is 9.78 Å². The molecule has 0 aliphatic carbocycles. The van der Waals surface area contributed by atoms with Crippen molar-refractivity contribution in [3.63, 3.8) is 0 Å². The second-order valence-electron chi connectivity index (χ2n) is 9.85. The van der Waals surface area contributed by atoms with Crippen molar-refractivity contribution in [2.24, 2.45) is 14.1 Å². The number of carboxylic acid groups (broad SMARTS) is 1. The molecule has 0 saturated carbocycles. The van der Waals surface area contributed by atoms with Gasteiger partial charge in [-0.1, -0.05) is 41.9 Å². The molecule has 0 radical (unpaired) electrons. The number of methoxy groups -OCH3 is 1. The number of halogens is 7. The summed E-state index contributed by atoms with van der Waals surface area (Å²) in [5, 5.41) is 8.28. The van der Waals surface area contributed by atoms with E-state index < -0.39 is 29.5 Å². The fourth-order valence-electron chi connectivity index (χ4n) is 4.97. The lowest BCUT2D eigenvalue weighted by Gasteiger charge is -2.34. The molecule has 45 heavy (non-hydrogen) atoms. The molecule has 0 spiro atoms. The van der Waals surface area contributed by atoms with Gasteiger partial charge in [0.2, 0.25) is 0 Å². The standard InChI is InChI=1S/C29H23ClF3N3O2.C2HF3O2/c1-35-17-34-16-26(35)28(38-3,19-7-10-22(30)11-8-19)20-9-12-25-24(14-20)23(15-27(37)36(25)2)18-5-4-6-21(13-18)29(31,32)33;3-2(4,5)1(6)7/h4-17H,1-3H3;(H,6,7). The van der Waals surface area contributed by atoms with Gasteiger partial charge in [0.25, 0.3) is 5.56 Å². The fourth-order valence-corrected chi connectivity index (χ4v) is 5.09. The van der Waals surface area contributed by atoms with Crippen LogP contribution in [-0.2, 0) is 35.4 Å². The second kappa shape index (κ2) is 12.4. The summed E-state index contributed by atoms with van der Waals surface area (Å²) in [6.07, 6.45) is -6.23. The van der Waals surface area contributed by atoms with E-state index in [0.717, 1.165) is 23.4 Å². The summed E-state index contributed by atoms with van der Waals surface area (Å²) in [7, 11) is 5.06. The zero-order valence-electron chi connectivity index (χ0n) is 23.7. The van der Waals surface area contributed by atoms with E-state index in [1.165, 1.54) is 16.7 Å². The maximum Gasteiger partial charge on any atom is 0.490 e. The van der Waals surface area contributed by atoms with Crippen LogP contribution in [0.4, 0.5) is 26.3 Å². The average Bonchev–Trinajstić information content (AvgIpc) is 3.42. The lowest BCUT2D eigenvalue weighted by molar-refractivity contribution is -0.192. The van der Waals surface area contributed by atoms with Crippen LogP contribution in [0.1, 0.15) is 22.4 Å². The number of aryl methyl sites for hydroxylation is 2. The van der Waals surface area contributed by atoms with Crippen molar-refractivity contribution in [2.75, 3.05) is 7.11 Å². The topological polar surface area (TPSA) is 86.4 Å². The molecule has 0 amide bonds. The number of aromatic nitrogens is 3. The predicted molar refractivity (Wildman–Crippen MR) is 155 cm³/mol.